The summed E-state index contributed by atoms with van der Waals surface area (Å²) in [4.78, 5) is 20.6. The summed E-state index contributed by atoms with van der Waals surface area (Å²) in [6, 6.07) is 12.7. The average Bonchev–Trinajstić information content (AvgIpc) is 3.06. The molecule has 30 heavy (non-hydrogen) atoms. The lowest BCUT2D eigenvalue weighted by Gasteiger charge is -2.30. The number of para-hydroxylation sites is 1. The fourth-order valence-corrected chi connectivity index (χ4v) is 5.28. The van der Waals surface area contributed by atoms with Gasteiger partial charge in [-0.15, -0.1) is 0 Å². The Morgan fingerprint density at radius 1 is 1.17 bits per heavy atom. The van der Waals surface area contributed by atoms with Gasteiger partial charge in [0, 0.05) is 11.6 Å². The van der Waals surface area contributed by atoms with Crippen LogP contribution in [0.4, 0.5) is 10.1 Å². The van der Waals surface area contributed by atoms with E-state index in [1.807, 2.05) is 23.1 Å². The van der Waals surface area contributed by atoms with Crippen LogP contribution in [0.25, 0.3) is 6.08 Å². The van der Waals surface area contributed by atoms with Gasteiger partial charge in [0.25, 0.3) is 5.91 Å². The number of hydrogen-bond acceptors (Lipinski definition) is 3. The van der Waals surface area contributed by atoms with Gasteiger partial charge < -0.3 is 0 Å². The Bertz CT molecular complexity index is 994. The highest BCUT2D eigenvalue weighted by atomic mass is 35.5. The minimum Gasteiger partial charge on any atom is -0.283 e. The van der Waals surface area contributed by atoms with Crippen molar-refractivity contribution in [3.8, 4) is 0 Å². The lowest BCUT2D eigenvalue weighted by atomic mass is 9.94. The van der Waals surface area contributed by atoms with E-state index in [1.165, 1.54) is 24.2 Å². The lowest BCUT2D eigenvalue weighted by Crippen LogP contribution is -2.40. The molecule has 2 aromatic carbocycles. The fraction of sp³-hybridized carbons (Fsp3) is 0.333. The first-order chi connectivity index (χ1) is 14.6. The molecule has 1 amide bonds. The number of benzene rings is 2. The Hall–Kier alpha value is -2.11. The van der Waals surface area contributed by atoms with Gasteiger partial charge in [-0.25, -0.2) is 9.38 Å². The number of carbonyl (C=O) groups is 1. The van der Waals surface area contributed by atoms with Gasteiger partial charge in [0.15, 0.2) is 5.17 Å². The number of carbonyl (C=O) groups excluding carboxylic acids is 1. The largest absolute Gasteiger partial charge is 0.283 e. The second-order valence-corrected chi connectivity index (χ2v) is 9.01. The van der Waals surface area contributed by atoms with Gasteiger partial charge in [-0.2, -0.15) is 0 Å². The number of amides is 1. The molecule has 0 radical (unpaired) electrons. The standard InChI is InChI=1S/C24H24ClFN2OS/c1-2-16-9-6-7-14-21(16)27-24-28(17-10-4-3-5-11-17)23(29)22(30-24)15-18-19(25)12-8-13-20(18)26/h6-9,12-15,17H,2-5,10-11H2,1H3/b22-15+,27-24?. The van der Waals surface area contributed by atoms with Crippen molar-refractivity contribution in [2.45, 2.75) is 51.5 Å². The van der Waals surface area contributed by atoms with Crippen molar-refractivity contribution in [1.82, 2.24) is 4.90 Å². The van der Waals surface area contributed by atoms with Crippen LogP contribution >= 0.6 is 23.4 Å². The summed E-state index contributed by atoms with van der Waals surface area (Å²) in [5.41, 5.74) is 2.26. The smallest absolute Gasteiger partial charge is 0.267 e. The van der Waals surface area contributed by atoms with Crippen LogP contribution in [0.1, 0.15) is 50.2 Å². The summed E-state index contributed by atoms with van der Waals surface area (Å²) in [6.45, 7) is 2.09. The first-order valence-corrected chi connectivity index (χ1v) is 11.6. The quantitative estimate of drug-likeness (QED) is 0.478. The molecule has 0 unspecified atom stereocenters. The van der Waals surface area contributed by atoms with Gasteiger partial charge in [-0.3, -0.25) is 9.69 Å². The first kappa shape index (κ1) is 21.1. The van der Waals surface area contributed by atoms with E-state index >= 15 is 0 Å². The van der Waals surface area contributed by atoms with E-state index in [4.69, 9.17) is 16.6 Å². The maximum absolute atomic E-state index is 14.3. The zero-order chi connectivity index (χ0) is 21.1. The molecule has 0 N–H and O–H groups in total. The molecule has 0 atom stereocenters. The number of aryl methyl sites for hydroxylation is 1. The summed E-state index contributed by atoms with van der Waals surface area (Å²) in [6.07, 6.45) is 7.77. The third-order valence-corrected chi connectivity index (χ3v) is 6.95. The predicted octanol–water partition coefficient (Wildman–Crippen LogP) is 6.98. The Morgan fingerprint density at radius 3 is 2.67 bits per heavy atom. The van der Waals surface area contributed by atoms with E-state index in [0.717, 1.165) is 43.4 Å². The molecule has 4 rings (SSSR count). The molecule has 6 heteroatoms. The number of aliphatic imine (C=N–C) groups is 1. The monoisotopic (exact) mass is 442 g/mol. The highest BCUT2D eigenvalue weighted by molar-refractivity contribution is 8.18. The normalized spacial score (nSPS) is 20.5. The summed E-state index contributed by atoms with van der Waals surface area (Å²) in [5.74, 6) is -0.548. The first-order valence-electron chi connectivity index (χ1n) is 10.4. The van der Waals surface area contributed by atoms with Crippen LogP contribution < -0.4 is 0 Å². The van der Waals surface area contributed by atoms with Crippen molar-refractivity contribution in [2.24, 2.45) is 4.99 Å². The van der Waals surface area contributed by atoms with Crippen LogP contribution in [0.15, 0.2) is 52.4 Å². The SMILES string of the molecule is CCc1ccccc1N=C1S/C(=C/c2c(F)cccc2Cl)C(=O)N1C1CCCCC1. The van der Waals surface area contributed by atoms with Crippen LogP contribution in [0.3, 0.4) is 0 Å². The lowest BCUT2D eigenvalue weighted by molar-refractivity contribution is -0.124. The number of thioether (sulfide) groups is 1. The van der Waals surface area contributed by atoms with Crippen molar-refractivity contribution < 1.29 is 9.18 Å². The topological polar surface area (TPSA) is 32.7 Å². The number of rotatable bonds is 4. The van der Waals surface area contributed by atoms with Crippen molar-refractivity contribution in [1.29, 1.82) is 0 Å². The Morgan fingerprint density at radius 2 is 1.93 bits per heavy atom. The molecular weight excluding hydrogens is 419 g/mol. The van der Waals surface area contributed by atoms with Gasteiger partial charge >= 0.3 is 0 Å². The van der Waals surface area contributed by atoms with Crippen LogP contribution in [0.2, 0.25) is 5.02 Å². The van der Waals surface area contributed by atoms with Crippen LogP contribution in [0.5, 0.6) is 0 Å². The van der Waals surface area contributed by atoms with Crippen molar-refractivity contribution in [2.75, 3.05) is 0 Å². The molecule has 1 heterocycles. The molecule has 2 aliphatic rings. The summed E-state index contributed by atoms with van der Waals surface area (Å²) in [5, 5.41) is 0.966. The molecule has 0 aromatic heterocycles. The van der Waals surface area contributed by atoms with E-state index in [9.17, 15) is 9.18 Å². The molecule has 156 valence electrons. The summed E-state index contributed by atoms with van der Waals surface area (Å²) in [7, 11) is 0. The Kier molecular flexibility index (Phi) is 6.59. The van der Waals surface area contributed by atoms with E-state index in [-0.39, 0.29) is 17.5 Å². The molecular formula is C24H24ClFN2OS. The summed E-state index contributed by atoms with van der Waals surface area (Å²) >= 11 is 7.51. The van der Waals surface area contributed by atoms with Gasteiger partial charge in [-0.05, 0) is 60.9 Å². The molecule has 0 spiro atoms. The van der Waals surface area contributed by atoms with Gasteiger partial charge in [-0.1, -0.05) is 62.1 Å². The minimum atomic E-state index is -0.436. The third kappa shape index (κ3) is 4.33. The molecule has 3 nitrogen and oxygen atoms in total. The molecule has 1 aliphatic carbocycles. The Balaban J connectivity index is 1.76. The number of hydrogen-bond donors (Lipinski definition) is 0. The molecule has 1 saturated carbocycles. The number of amidine groups is 1. The van der Waals surface area contributed by atoms with Gasteiger partial charge in [0.1, 0.15) is 5.82 Å². The summed E-state index contributed by atoms with van der Waals surface area (Å²) < 4.78 is 14.3. The van der Waals surface area contributed by atoms with Gasteiger partial charge in [0.2, 0.25) is 0 Å². The minimum absolute atomic E-state index is 0.112. The predicted molar refractivity (Wildman–Crippen MR) is 124 cm³/mol. The maximum atomic E-state index is 14.3. The van der Waals surface area contributed by atoms with Crippen LogP contribution in [-0.4, -0.2) is 22.0 Å². The number of nitrogens with zero attached hydrogens (tertiary/aromatic N) is 2. The average molecular weight is 443 g/mol. The number of halogens is 2. The van der Waals surface area contributed by atoms with E-state index in [0.29, 0.717) is 15.1 Å². The fourth-order valence-electron chi connectivity index (χ4n) is 4.03. The third-order valence-electron chi connectivity index (χ3n) is 5.64. The van der Waals surface area contributed by atoms with E-state index in [2.05, 4.69) is 13.0 Å². The molecule has 1 aliphatic heterocycles. The van der Waals surface area contributed by atoms with Crippen LogP contribution in [0, 0.1) is 5.82 Å². The van der Waals surface area contributed by atoms with Crippen molar-refractivity contribution in [3.05, 3.63) is 69.3 Å². The molecule has 1 saturated heterocycles. The molecule has 2 aromatic rings. The van der Waals surface area contributed by atoms with Crippen molar-refractivity contribution in [3.63, 3.8) is 0 Å². The molecule has 2 fully saturated rings. The second kappa shape index (κ2) is 9.36. The Labute approximate surface area is 186 Å². The zero-order valence-electron chi connectivity index (χ0n) is 16.9. The van der Waals surface area contributed by atoms with Crippen LogP contribution in [-0.2, 0) is 11.2 Å². The van der Waals surface area contributed by atoms with Crippen molar-refractivity contribution >= 4 is 46.2 Å². The molecule has 0 bridgehead atoms. The van der Waals surface area contributed by atoms with E-state index in [1.54, 1.807) is 18.2 Å². The zero-order valence-corrected chi connectivity index (χ0v) is 18.5. The van der Waals surface area contributed by atoms with Gasteiger partial charge in [0.05, 0.1) is 15.6 Å². The highest BCUT2D eigenvalue weighted by Crippen LogP contribution is 2.39. The van der Waals surface area contributed by atoms with E-state index < -0.39 is 5.82 Å². The highest BCUT2D eigenvalue weighted by Gasteiger charge is 2.39. The maximum Gasteiger partial charge on any atom is 0.267 e. The second-order valence-electron chi connectivity index (χ2n) is 7.59.